The summed E-state index contributed by atoms with van der Waals surface area (Å²) < 4.78 is 27.2. The zero-order valence-corrected chi connectivity index (χ0v) is 13.2. The lowest BCUT2D eigenvalue weighted by Crippen LogP contribution is -2.44. The van der Waals surface area contributed by atoms with Gasteiger partial charge in [0.1, 0.15) is 0 Å². The first-order valence-corrected chi connectivity index (χ1v) is 8.65. The molecule has 0 saturated carbocycles. The van der Waals surface area contributed by atoms with Crippen molar-refractivity contribution in [3.63, 3.8) is 0 Å². The Morgan fingerprint density at radius 2 is 2.25 bits per heavy atom. The topological polar surface area (TPSA) is 78.1 Å². The minimum atomic E-state index is -3.48. The maximum absolute atomic E-state index is 12.8. The lowest BCUT2D eigenvalue weighted by molar-refractivity contribution is 0.219. The number of aromatic nitrogens is 2. The van der Waals surface area contributed by atoms with Gasteiger partial charge in [0.25, 0.3) is 10.0 Å². The number of H-pyrrole nitrogens is 1. The van der Waals surface area contributed by atoms with Crippen LogP contribution >= 0.6 is 0 Å². The fourth-order valence-corrected chi connectivity index (χ4v) is 4.53. The van der Waals surface area contributed by atoms with Crippen molar-refractivity contribution >= 4 is 10.0 Å². The zero-order chi connectivity index (χ0) is 14.8. The van der Waals surface area contributed by atoms with Gasteiger partial charge in [0.2, 0.25) is 0 Å². The minimum Gasteiger partial charge on any atom is -0.313 e. The van der Waals surface area contributed by atoms with E-state index in [1.807, 2.05) is 13.8 Å². The molecule has 6 nitrogen and oxygen atoms in total. The molecule has 114 valence electrons. The second-order valence-corrected chi connectivity index (χ2v) is 7.43. The van der Waals surface area contributed by atoms with Crippen LogP contribution < -0.4 is 5.32 Å². The van der Waals surface area contributed by atoms with Crippen molar-refractivity contribution in [1.82, 2.24) is 19.8 Å². The van der Waals surface area contributed by atoms with E-state index in [0.717, 1.165) is 19.4 Å². The highest BCUT2D eigenvalue weighted by Crippen LogP contribution is 2.28. The summed E-state index contributed by atoms with van der Waals surface area (Å²) in [6.45, 7) is 8.04. The smallest absolute Gasteiger partial charge is 0.260 e. The maximum atomic E-state index is 12.8. The third kappa shape index (κ3) is 3.05. The highest BCUT2D eigenvalue weighted by Gasteiger charge is 2.35. The molecule has 2 heterocycles. The zero-order valence-electron chi connectivity index (χ0n) is 12.4. The molecule has 1 aliphatic heterocycles. The van der Waals surface area contributed by atoms with Gasteiger partial charge in [-0.25, -0.2) is 8.42 Å². The predicted molar refractivity (Wildman–Crippen MR) is 77.7 cm³/mol. The van der Waals surface area contributed by atoms with Crippen LogP contribution in [0.4, 0.5) is 0 Å². The molecule has 20 heavy (non-hydrogen) atoms. The first-order chi connectivity index (χ1) is 9.46. The van der Waals surface area contributed by atoms with Gasteiger partial charge in [0.15, 0.2) is 5.03 Å². The van der Waals surface area contributed by atoms with Crippen molar-refractivity contribution < 1.29 is 8.42 Å². The summed E-state index contributed by atoms with van der Waals surface area (Å²) in [5.74, 6) is 0.583. The van der Waals surface area contributed by atoms with E-state index in [1.165, 1.54) is 0 Å². The minimum absolute atomic E-state index is 0.0408. The third-order valence-corrected chi connectivity index (χ3v) is 5.92. The normalized spacial score (nSPS) is 24.9. The Morgan fingerprint density at radius 3 is 2.90 bits per heavy atom. The molecule has 2 unspecified atom stereocenters. The Labute approximate surface area is 121 Å². The molecule has 1 saturated heterocycles. The van der Waals surface area contributed by atoms with Crippen molar-refractivity contribution in [2.45, 2.75) is 51.2 Å². The lowest BCUT2D eigenvalue weighted by atomic mass is 9.95. The van der Waals surface area contributed by atoms with Crippen molar-refractivity contribution in [1.29, 1.82) is 0 Å². The highest BCUT2D eigenvalue weighted by atomic mass is 32.2. The number of piperidine rings is 1. The average molecular weight is 300 g/mol. The summed E-state index contributed by atoms with van der Waals surface area (Å²) in [6.07, 6.45) is 3.42. The van der Waals surface area contributed by atoms with Crippen molar-refractivity contribution in [2.24, 2.45) is 5.92 Å². The molecular weight excluding hydrogens is 276 g/mol. The van der Waals surface area contributed by atoms with Gasteiger partial charge in [0.05, 0.1) is 6.20 Å². The molecule has 1 aromatic heterocycles. The molecule has 1 aliphatic rings. The van der Waals surface area contributed by atoms with E-state index in [9.17, 15) is 8.42 Å². The molecular formula is C13H24N4O2S. The molecule has 2 atom stereocenters. The summed E-state index contributed by atoms with van der Waals surface area (Å²) >= 11 is 0. The Morgan fingerprint density at radius 1 is 1.50 bits per heavy atom. The van der Waals surface area contributed by atoms with Crippen LogP contribution in [0.15, 0.2) is 11.2 Å². The summed E-state index contributed by atoms with van der Waals surface area (Å²) in [6, 6.07) is 0.0408. The molecule has 7 heteroatoms. The average Bonchev–Trinajstić information content (AvgIpc) is 2.84. The van der Waals surface area contributed by atoms with Crippen LogP contribution in [0.2, 0.25) is 0 Å². The molecule has 1 aromatic rings. The van der Waals surface area contributed by atoms with Gasteiger partial charge < -0.3 is 5.32 Å². The molecule has 0 radical (unpaired) electrons. The predicted octanol–water partition coefficient (Wildman–Crippen LogP) is 1.33. The number of sulfonamides is 1. The standard InChI is InChI=1S/C13H24N4O2S/c1-4-14-8-12-9-15-16-13(12)20(18,19)17-6-5-10(2)7-11(17)3/h9-11,14H,4-8H2,1-3H3,(H,15,16). The van der Waals surface area contributed by atoms with Crippen molar-refractivity contribution in [3.05, 3.63) is 11.8 Å². The van der Waals surface area contributed by atoms with E-state index in [2.05, 4.69) is 22.4 Å². The molecule has 0 aromatic carbocycles. The van der Waals surface area contributed by atoms with Crippen molar-refractivity contribution in [2.75, 3.05) is 13.1 Å². The second-order valence-electron chi connectivity index (χ2n) is 5.60. The van der Waals surface area contributed by atoms with Gasteiger partial charge in [-0.3, -0.25) is 5.10 Å². The molecule has 1 fully saturated rings. The van der Waals surface area contributed by atoms with Crippen LogP contribution in [0.3, 0.4) is 0 Å². The van der Waals surface area contributed by atoms with Crippen LogP contribution in [0.1, 0.15) is 39.2 Å². The van der Waals surface area contributed by atoms with Gasteiger partial charge in [-0.2, -0.15) is 9.40 Å². The quantitative estimate of drug-likeness (QED) is 0.860. The van der Waals surface area contributed by atoms with Crippen LogP contribution in [-0.4, -0.2) is 42.1 Å². The summed E-state index contributed by atoms with van der Waals surface area (Å²) in [4.78, 5) is 0. The van der Waals surface area contributed by atoms with Crippen LogP contribution in [0, 0.1) is 5.92 Å². The number of hydrogen-bond donors (Lipinski definition) is 2. The van der Waals surface area contributed by atoms with Crippen LogP contribution in [0.25, 0.3) is 0 Å². The van der Waals surface area contributed by atoms with E-state index in [-0.39, 0.29) is 11.1 Å². The van der Waals surface area contributed by atoms with Crippen molar-refractivity contribution in [3.8, 4) is 0 Å². The van der Waals surface area contributed by atoms with Gasteiger partial charge in [-0.1, -0.05) is 13.8 Å². The largest absolute Gasteiger partial charge is 0.313 e. The van der Waals surface area contributed by atoms with E-state index < -0.39 is 10.0 Å². The number of nitrogens with one attached hydrogen (secondary N) is 2. The Balaban J connectivity index is 2.24. The monoisotopic (exact) mass is 300 g/mol. The molecule has 2 N–H and O–H groups in total. The SMILES string of the molecule is CCNCc1cn[nH]c1S(=O)(=O)N1CCC(C)CC1C. The fraction of sp³-hybridized carbons (Fsp3) is 0.769. The Bertz CT molecular complexity index is 540. The fourth-order valence-electron chi connectivity index (χ4n) is 2.77. The highest BCUT2D eigenvalue weighted by molar-refractivity contribution is 7.89. The van der Waals surface area contributed by atoms with E-state index in [0.29, 0.717) is 24.6 Å². The van der Waals surface area contributed by atoms with E-state index >= 15 is 0 Å². The van der Waals surface area contributed by atoms with Gasteiger partial charge in [0, 0.05) is 24.7 Å². The molecule has 0 bridgehead atoms. The van der Waals surface area contributed by atoms with Gasteiger partial charge >= 0.3 is 0 Å². The van der Waals surface area contributed by atoms with Crippen LogP contribution in [-0.2, 0) is 16.6 Å². The number of aromatic amines is 1. The molecule has 0 aliphatic carbocycles. The van der Waals surface area contributed by atoms with E-state index in [4.69, 9.17) is 0 Å². The molecule has 0 spiro atoms. The summed E-state index contributed by atoms with van der Waals surface area (Å²) in [7, 11) is -3.48. The number of hydrogen-bond acceptors (Lipinski definition) is 4. The number of rotatable bonds is 5. The van der Waals surface area contributed by atoms with E-state index in [1.54, 1.807) is 10.5 Å². The second kappa shape index (κ2) is 6.24. The van der Waals surface area contributed by atoms with Crippen LogP contribution in [0.5, 0.6) is 0 Å². The first-order valence-electron chi connectivity index (χ1n) is 7.21. The van der Waals surface area contributed by atoms with Gasteiger partial charge in [-0.15, -0.1) is 0 Å². The summed E-state index contributed by atoms with van der Waals surface area (Å²) in [5, 5.41) is 9.95. The Kier molecular flexibility index (Phi) is 4.82. The summed E-state index contributed by atoms with van der Waals surface area (Å²) in [5.41, 5.74) is 0.706. The lowest BCUT2D eigenvalue weighted by Gasteiger charge is -2.35. The molecule has 0 amide bonds. The Hall–Kier alpha value is -0.920. The first kappa shape index (κ1) is 15.5. The number of nitrogens with zero attached hydrogens (tertiary/aromatic N) is 2. The maximum Gasteiger partial charge on any atom is 0.260 e. The third-order valence-electron chi connectivity index (χ3n) is 3.89. The van der Waals surface area contributed by atoms with Gasteiger partial charge in [-0.05, 0) is 32.2 Å². The molecule has 2 rings (SSSR count).